The SMILES string of the molecule is COCCNS(=O)(=O)c1c(C(=O)O)n[nH]c1C. The summed E-state index contributed by atoms with van der Waals surface area (Å²) < 4.78 is 30.6. The first-order valence-corrected chi connectivity index (χ1v) is 6.15. The number of nitrogens with one attached hydrogen (secondary N) is 2. The van der Waals surface area contributed by atoms with Crippen LogP contribution in [0, 0.1) is 6.92 Å². The first-order valence-electron chi connectivity index (χ1n) is 4.67. The third-order valence-corrected chi connectivity index (χ3v) is 3.58. The summed E-state index contributed by atoms with van der Waals surface area (Å²) in [5.74, 6) is -1.40. The summed E-state index contributed by atoms with van der Waals surface area (Å²) in [5.41, 5.74) is -0.347. The number of H-pyrrole nitrogens is 1. The predicted octanol–water partition coefficient (Wildman–Crippen LogP) is -0.659. The number of ether oxygens (including phenoxy) is 1. The lowest BCUT2D eigenvalue weighted by Gasteiger charge is -2.05. The average Bonchev–Trinajstić information content (AvgIpc) is 2.61. The van der Waals surface area contributed by atoms with Crippen LogP contribution in [0.2, 0.25) is 0 Å². The molecule has 1 rings (SSSR count). The molecule has 0 unspecified atom stereocenters. The Labute approximate surface area is 98.0 Å². The fourth-order valence-corrected chi connectivity index (χ4v) is 2.58. The summed E-state index contributed by atoms with van der Waals surface area (Å²) in [5, 5.41) is 14.6. The molecule has 1 heterocycles. The monoisotopic (exact) mass is 263 g/mol. The number of aromatic amines is 1. The number of nitrogens with zero attached hydrogens (tertiary/aromatic N) is 1. The van der Waals surface area contributed by atoms with Crippen molar-refractivity contribution in [2.75, 3.05) is 20.3 Å². The molecule has 0 bridgehead atoms. The van der Waals surface area contributed by atoms with Gasteiger partial charge in [-0.1, -0.05) is 0 Å². The molecule has 1 aromatic heterocycles. The maximum atomic E-state index is 11.8. The second kappa shape index (κ2) is 5.25. The van der Waals surface area contributed by atoms with Crippen molar-refractivity contribution in [2.45, 2.75) is 11.8 Å². The number of carboxylic acid groups (broad SMARTS) is 1. The lowest BCUT2D eigenvalue weighted by Crippen LogP contribution is -2.28. The molecule has 0 atom stereocenters. The van der Waals surface area contributed by atoms with Gasteiger partial charge < -0.3 is 9.84 Å². The minimum Gasteiger partial charge on any atom is -0.476 e. The molecule has 0 aliphatic rings. The van der Waals surface area contributed by atoms with Gasteiger partial charge in [-0.2, -0.15) is 5.10 Å². The quantitative estimate of drug-likeness (QED) is 0.586. The lowest BCUT2D eigenvalue weighted by molar-refractivity contribution is 0.0686. The molecule has 0 saturated heterocycles. The summed E-state index contributed by atoms with van der Waals surface area (Å²) in [7, 11) is -2.47. The zero-order valence-electron chi connectivity index (χ0n) is 9.35. The zero-order valence-corrected chi connectivity index (χ0v) is 10.2. The second-order valence-electron chi connectivity index (χ2n) is 3.22. The van der Waals surface area contributed by atoms with Gasteiger partial charge in [0, 0.05) is 13.7 Å². The zero-order chi connectivity index (χ0) is 13.1. The van der Waals surface area contributed by atoms with Gasteiger partial charge in [0.05, 0.1) is 12.3 Å². The molecule has 8 nitrogen and oxygen atoms in total. The molecule has 0 radical (unpaired) electrons. The van der Waals surface area contributed by atoms with E-state index >= 15 is 0 Å². The Morgan fingerprint density at radius 1 is 1.59 bits per heavy atom. The molecule has 0 saturated carbocycles. The number of carbonyl (C=O) groups is 1. The van der Waals surface area contributed by atoms with Crippen LogP contribution < -0.4 is 4.72 Å². The predicted molar refractivity (Wildman–Crippen MR) is 57.3 cm³/mol. The first-order chi connectivity index (χ1) is 7.90. The highest BCUT2D eigenvalue weighted by molar-refractivity contribution is 7.89. The normalized spacial score (nSPS) is 11.6. The van der Waals surface area contributed by atoms with Crippen LogP contribution in [0.15, 0.2) is 4.90 Å². The summed E-state index contributed by atoms with van der Waals surface area (Å²) in [4.78, 5) is 10.5. The molecule has 0 spiro atoms. The molecular formula is C8H13N3O5S. The van der Waals surface area contributed by atoms with E-state index in [0.717, 1.165) is 0 Å². The highest BCUT2D eigenvalue weighted by Crippen LogP contribution is 2.16. The Balaban J connectivity index is 3.06. The van der Waals surface area contributed by atoms with E-state index in [9.17, 15) is 13.2 Å². The van der Waals surface area contributed by atoms with Crippen molar-refractivity contribution in [3.05, 3.63) is 11.4 Å². The molecule has 0 aromatic carbocycles. The number of aryl methyl sites for hydroxylation is 1. The van der Waals surface area contributed by atoms with E-state index in [0.29, 0.717) is 0 Å². The highest BCUT2D eigenvalue weighted by atomic mass is 32.2. The third kappa shape index (κ3) is 3.02. The van der Waals surface area contributed by atoms with Gasteiger partial charge in [-0.25, -0.2) is 17.9 Å². The topological polar surface area (TPSA) is 121 Å². The summed E-state index contributed by atoms with van der Waals surface area (Å²) in [6, 6.07) is 0. The molecule has 0 aliphatic carbocycles. The van der Waals surface area contributed by atoms with Gasteiger partial charge in [0.25, 0.3) is 0 Å². The van der Waals surface area contributed by atoms with Crippen molar-refractivity contribution in [3.8, 4) is 0 Å². The van der Waals surface area contributed by atoms with E-state index in [1.54, 1.807) is 0 Å². The van der Waals surface area contributed by atoms with Crippen molar-refractivity contribution in [3.63, 3.8) is 0 Å². The van der Waals surface area contributed by atoms with Crippen molar-refractivity contribution in [1.29, 1.82) is 0 Å². The number of hydrogen-bond donors (Lipinski definition) is 3. The van der Waals surface area contributed by atoms with E-state index in [1.807, 2.05) is 0 Å². The van der Waals surface area contributed by atoms with Crippen LogP contribution in [0.4, 0.5) is 0 Å². The first kappa shape index (κ1) is 13.6. The summed E-state index contributed by atoms with van der Waals surface area (Å²) >= 11 is 0. The van der Waals surface area contributed by atoms with Crippen LogP contribution in [0.25, 0.3) is 0 Å². The van der Waals surface area contributed by atoms with Gasteiger partial charge in [0.15, 0.2) is 5.69 Å². The molecular weight excluding hydrogens is 250 g/mol. The van der Waals surface area contributed by atoms with Gasteiger partial charge in [-0.05, 0) is 6.92 Å². The number of hydrogen-bond acceptors (Lipinski definition) is 5. The molecule has 9 heteroatoms. The smallest absolute Gasteiger partial charge is 0.357 e. The van der Waals surface area contributed by atoms with Crippen LogP contribution >= 0.6 is 0 Å². The maximum absolute atomic E-state index is 11.8. The summed E-state index contributed by atoms with van der Waals surface area (Å²) in [6.45, 7) is 1.69. The Morgan fingerprint density at radius 3 is 2.76 bits per heavy atom. The van der Waals surface area contributed by atoms with E-state index in [-0.39, 0.29) is 23.7 Å². The van der Waals surface area contributed by atoms with Crippen LogP contribution in [-0.2, 0) is 14.8 Å². The van der Waals surface area contributed by atoms with Crippen molar-refractivity contribution in [2.24, 2.45) is 0 Å². The number of carboxylic acids is 1. The average molecular weight is 263 g/mol. The standard InChI is InChI=1S/C8H13N3O5S/c1-5-7(6(8(12)13)11-10-5)17(14,15)9-3-4-16-2/h9H,3-4H2,1-2H3,(H,10,11)(H,12,13). The molecule has 0 amide bonds. The lowest BCUT2D eigenvalue weighted by atomic mass is 10.4. The molecule has 0 aliphatic heterocycles. The molecule has 3 N–H and O–H groups in total. The Hall–Kier alpha value is -1.45. The number of methoxy groups -OCH3 is 1. The van der Waals surface area contributed by atoms with Crippen molar-refractivity contribution >= 4 is 16.0 Å². The number of sulfonamides is 1. The van der Waals surface area contributed by atoms with Gasteiger partial charge in [0.2, 0.25) is 10.0 Å². The molecule has 1 aromatic rings. The Kier molecular flexibility index (Phi) is 4.21. The van der Waals surface area contributed by atoms with E-state index in [1.165, 1.54) is 14.0 Å². The third-order valence-electron chi connectivity index (χ3n) is 1.96. The Morgan fingerprint density at radius 2 is 2.24 bits per heavy atom. The molecule has 96 valence electrons. The van der Waals surface area contributed by atoms with Gasteiger partial charge in [-0.15, -0.1) is 0 Å². The van der Waals surface area contributed by atoms with E-state index in [2.05, 4.69) is 14.9 Å². The second-order valence-corrected chi connectivity index (χ2v) is 4.93. The number of rotatable bonds is 6. The maximum Gasteiger partial charge on any atom is 0.357 e. The van der Waals surface area contributed by atoms with Gasteiger partial charge in [0.1, 0.15) is 4.90 Å². The summed E-state index contributed by atoms with van der Waals surface area (Å²) in [6.07, 6.45) is 0. The van der Waals surface area contributed by atoms with Gasteiger partial charge >= 0.3 is 5.97 Å². The number of aromatic nitrogens is 2. The largest absolute Gasteiger partial charge is 0.476 e. The van der Waals surface area contributed by atoms with Crippen molar-refractivity contribution < 1.29 is 23.1 Å². The van der Waals surface area contributed by atoms with Crippen LogP contribution in [-0.4, -0.2) is 50.0 Å². The number of aromatic carboxylic acids is 1. The fraction of sp³-hybridized carbons (Fsp3) is 0.500. The highest BCUT2D eigenvalue weighted by Gasteiger charge is 2.27. The van der Waals surface area contributed by atoms with Crippen LogP contribution in [0.1, 0.15) is 16.2 Å². The van der Waals surface area contributed by atoms with Crippen LogP contribution in [0.5, 0.6) is 0 Å². The van der Waals surface area contributed by atoms with E-state index < -0.39 is 21.7 Å². The minimum absolute atomic E-state index is 0.0580. The molecule has 0 fully saturated rings. The minimum atomic E-state index is -3.90. The molecule has 17 heavy (non-hydrogen) atoms. The fourth-order valence-electron chi connectivity index (χ4n) is 1.24. The van der Waals surface area contributed by atoms with Gasteiger partial charge in [-0.3, -0.25) is 5.10 Å². The Bertz CT molecular complexity index is 507. The van der Waals surface area contributed by atoms with Crippen LogP contribution in [0.3, 0.4) is 0 Å². The van der Waals surface area contributed by atoms with E-state index in [4.69, 9.17) is 9.84 Å². The van der Waals surface area contributed by atoms with Crippen molar-refractivity contribution in [1.82, 2.24) is 14.9 Å².